The first-order valence-corrected chi connectivity index (χ1v) is 11.3. The third-order valence-electron chi connectivity index (χ3n) is 4.94. The van der Waals surface area contributed by atoms with E-state index in [2.05, 4.69) is 20.1 Å². The molecule has 2 aliphatic heterocycles. The molecule has 0 aromatic carbocycles. The maximum atomic E-state index is 10.6. The van der Waals surface area contributed by atoms with Crippen molar-refractivity contribution < 1.29 is 55.6 Å². The molecule has 2 fully saturated rings. The fraction of sp³-hybridized carbons (Fsp3) is 0.550. The summed E-state index contributed by atoms with van der Waals surface area (Å²) in [5.74, 6) is -5.51. The zero-order chi connectivity index (χ0) is 27.8. The molecule has 17 heteroatoms. The number of fused-ring (bicyclic) bond motifs is 1. The van der Waals surface area contributed by atoms with E-state index in [1.165, 1.54) is 0 Å². The van der Waals surface area contributed by atoms with Crippen LogP contribution in [0.3, 0.4) is 0 Å². The van der Waals surface area contributed by atoms with E-state index in [1.807, 2.05) is 19.1 Å². The van der Waals surface area contributed by atoms with Gasteiger partial charge in [0.1, 0.15) is 17.2 Å². The third-order valence-corrected chi connectivity index (χ3v) is 5.81. The molecule has 37 heavy (non-hydrogen) atoms. The summed E-state index contributed by atoms with van der Waals surface area (Å²) in [4.78, 5) is 24.2. The van der Waals surface area contributed by atoms with Gasteiger partial charge in [-0.2, -0.15) is 26.3 Å². The summed E-state index contributed by atoms with van der Waals surface area (Å²) in [5, 5.41) is 24.7. The number of carbonyl (C=O) groups is 2. The summed E-state index contributed by atoms with van der Waals surface area (Å²) >= 11 is 1.64. The molecule has 0 amide bonds. The van der Waals surface area contributed by atoms with Crippen molar-refractivity contribution in [1.29, 1.82) is 0 Å². The van der Waals surface area contributed by atoms with E-state index >= 15 is 0 Å². The van der Waals surface area contributed by atoms with E-state index in [-0.39, 0.29) is 12.2 Å². The quantitative estimate of drug-likeness (QED) is 0.536. The molecule has 2 N–H and O–H groups in total. The molecule has 0 radical (unpaired) electrons. The minimum Gasteiger partial charge on any atom is -0.475 e. The van der Waals surface area contributed by atoms with Crippen LogP contribution in [0, 0.1) is 6.92 Å². The van der Waals surface area contributed by atoms with Gasteiger partial charge in [-0.25, -0.2) is 9.59 Å². The van der Waals surface area contributed by atoms with Gasteiger partial charge in [-0.05, 0) is 37.5 Å². The Labute approximate surface area is 209 Å². The van der Waals surface area contributed by atoms with Crippen LogP contribution in [0.5, 0.6) is 0 Å². The summed E-state index contributed by atoms with van der Waals surface area (Å²) in [6, 6.07) is 4.32. The number of aliphatic carboxylic acids is 2. The van der Waals surface area contributed by atoms with E-state index in [0.717, 1.165) is 41.7 Å². The highest BCUT2D eigenvalue weighted by atomic mass is 32.1. The number of rotatable bonds is 4. The van der Waals surface area contributed by atoms with Crippen molar-refractivity contribution in [2.75, 3.05) is 18.1 Å². The number of halogens is 6. The highest BCUT2D eigenvalue weighted by Crippen LogP contribution is 2.35. The van der Waals surface area contributed by atoms with Crippen molar-refractivity contribution >= 4 is 28.4 Å². The van der Waals surface area contributed by atoms with E-state index < -0.39 is 24.3 Å². The number of hydrogen-bond acceptors (Lipinski definition) is 9. The Morgan fingerprint density at radius 2 is 1.68 bits per heavy atom. The highest BCUT2D eigenvalue weighted by Gasteiger charge is 2.46. The van der Waals surface area contributed by atoms with Crippen LogP contribution >= 0.6 is 11.3 Å². The van der Waals surface area contributed by atoms with E-state index in [4.69, 9.17) is 29.3 Å². The van der Waals surface area contributed by atoms with Gasteiger partial charge >= 0.3 is 24.3 Å². The molecule has 2 aromatic heterocycles. The summed E-state index contributed by atoms with van der Waals surface area (Å²) < 4.78 is 75.7. The number of pyridine rings is 1. The summed E-state index contributed by atoms with van der Waals surface area (Å²) in [5.41, 5.74) is 1.14. The number of anilines is 1. The molecule has 2 saturated heterocycles. The van der Waals surface area contributed by atoms with Crippen molar-refractivity contribution in [2.45, 2.75) is 57.0 Å². The highest BCUT2D eigenvalue weighted by molar-refractivity contribution is 7.15. The lowest BCUT2D eigenvalue weighted by Crippen LogP contribution is -2.42. The molecule has 0 bridgehead atoms. The van der Waals surface area contributed by atoms with E-state index in [9.17, 15) is 26.3 Å². The second-order valence-corrected chi connectivity index (χ2v) is 8.77. The van der Waals surface area contributed by atoms with Gasteiger partial charge in [-0.1, -0.05) is 11.3 Å². The molecule has 2 aliphatic rings. The predicted molar refractivity (Wildman–Crippen MR) is 115 cm³/mol. The predicted octanol–water partition coefficient (Wildman–Crippen LogP) is 3.46. The third kappa shape index (κ3) is 9.40. The number of aryl methyl sites for hydroxylation is 1. The van der Waals surface area contributed by atoms with Crippen molar-refractivity contribution in [1.82, 2.24) is 15.2 Å². The standard InChI is InChI=1S/C16H20N4O2S.2C2HF3O2/c1-11-18-19-16(23-11)20-9-14(15-13(20)3-2-8-21-15)22-10-12-4-6-17-7-5-12;2*3-2(4,5)1(6)7/h4-7,13-15H,2-3,8-10H2,1H3;2*(H,6,7)/t13-,14+,15+;;/m1../s1. The zero-order valence-corrected chi connectivity index (χ0v) is 19.9. The maximum Gasteiger partial charge on any atom is 0.490 e. The first-order valence-electron chi connectivity index (χ1n) is 10.5. The first-order chi connectivity index (χ1) is 17.2. The Morgan fingerprint density at radius 3 is 2.16 bits per heavy atom. The molecule has 2 aromatic rings. The zero-order valence-electron chi connectivity index (χ0n) is 19.1. The summed E-state index contributed by atoms with van der Waals surface area (Å²) in [6.45, 7) is 4.21. The Balaban J connectivity index is 0.000000286. The Morgan fingerprint density at radius 1 is 1.11 bits per heavy atom. The van der Waals surface area contributed by atoms with Crippen molar-refractivity contribution in [3.05, 3.63) is 35.1 Å². The smallest absolute Gasteiger partial charge is 0.475 e. The molecular formula is C20H22F6N4O6S. The lowest BCUT2D eigenvalue weighted by Gasteiger charge is -2.31. The Kier molecular flexibility index (Phi) is 10.6. The van der Waals surface area contributed by atoms with Gasteiger partial charge in [0, 0.05) is 25.5 Å². The van der Waals surface area contributed by atoms with Gasteiger partial charge in [0.15, 0.2) is 0 Å². The van der Waals surface area contributed by atoms with Crippen LogP contribution in [0.25, 0.3) is 0 Å². The molecule has 4 heterocycles. The van der Waals surface area contributed by atoms with Crippen LogP contribution in [0.15, 0.2) is 24.5 Å². The molecule has 4 rings (SSSR count). The molecule has 0 aliphatic carbocycles. The number of alkyl halides is 6. The molecule has 206 valence electrons. The lowest BCUT2D eigenvalue weighted by molar-refractivity contribution is -0.193. The van der Waals surface area contributed by atoms with Crippen LogP contribution in [0.4, 0.5) is 31.5 Å². The van der Waals surface area contributed by atoms with Gasteiger partial charge < -0.3 is 24.6 Å². The van der Waals surface area contributed by atoms with E-state index in [1.54, 1.807) is 23.7 Å². The fourth-order valence-corrected chi connectivity index (χ4v) is 4.12. The maximum absolute atomic E-state index is 10.6. The van der Waals surface area contributed by atoms with Gasteiger partial charge in [0.2, 0.25) is 5.13 Å². The molecular weight excluding hydrogens is 538 g/mol. The lowest BCUT2D eigenvalue weighted by atomic mass is 10.0. The van der Waals surface area contributed by atoms with Gasteiger partial charge in [0.25, 0.3) is 0 Å². The molecule has 0 saturated carbocycles. The van der Waals surface area contributed by atoms with Crippen LogP contribution in [-0.4, -0.2) is 81.1 Å². The second kappa shape index (κ2) is 13.0. The average molecular weight is 560 g/mol. The minimum absolute atomic E-state index is 0.0673. The van der Waals surface area contributed by atoms with E-state index in [0.29, 0.717) is 12.6 Å². The summed E-state index contributed by atoms with van der Waals surface area (Å²) in [6.07, 6.45) is -4.18. The van der Waals surface area contributed by atoms with Gasteiger partial charge in [-0.15, -0.1) is 10.2 Å². The Hall–Kier alpha value is -3.05. The van der Waals surface area contributed by atoms with Gasteiger partial charge in [-0.3, -0.25) is 4.98 Å². The molecule has 0 unspecified atom stereocenters. The number of carboxylic acids is 2. The van der Waals surface area contributed by atoms with Crippen molar-refractivity contribution in [2.24, 2.45) is 0 Å². The fourth-order valence-electron chi connectivity index (χ4n) is 3.36. The van der Waals surface area contributed by atoms with Crippen LogP contribution in [0.2, 0.25) is 0 Å². The Bertz CT molecular complexity index is 999. The normalized spacial score (nSPS) is 21.2. The first kappa shape index (κ1) is 30.2. The van der Waals surface area contributed by atoms with Crippen LogP contribution in [0.1, 0.15) is 23.4 Å². The minimum atomic E-state index is -5.08. The summed E-state index contributed by atoms with van der Waals surface area (Å²) in [7, 11) is 0. The van der Waals surface area contributed by atoms with Crippen molar-refractivity contribution in [3.63, 3.8) is 0 Å². The number of nitrogens with zero attached hydrogens (tertiary/aromatic N) is 4. The van der Waals surface area contributed by atoms with Gasteiger partial charge in [0.05, 0.1) is 12.6 Å². The topological polar surface area (TPSA) is 135 Å². The molecule has 3 atom stereocenters. The van der Waals surface area contributed by atoms with Crippen LogP contribution in [-0.2, 0) is 25.7 Å². The number of carboxylic acid groups (broad SMARTS) is 2. The van der Waals surface area contributed by atoms with Crippen molar-refractivity contribution in [3.8, 4) is 0 Å². The average Bonchev–Trinajstić information content (AvgIpc) is 3.41. The monoisotopic (exact) mass is 560 g/mol. The second-order valence-electron chi connectivity index (χ2n) is 7.61. The van der Waals surface area contributed by atoms with Crippen LogP contribution < -0.4 is 4.90 Å². The molecule has 10 nitrogen and oxygen atoms in total. The number of aromatic nitrogens is 3. The molecule has 0 spiro atoms. The number of ether oxygens (including phenoxy) is 2. The largest absolute Gasteiger partial charge is 0.490 e. The number of hydrogen-bond donors (Lipinski definition) is 2. The SMILES string of the molecule is Cc1nnc(N2C[C@H](OCc3ccncc3)[C@H]3OCCC[C@H]32)s1.O=C(O)C(F)(F)F.O=C(O)C(F)(F)F.